The van der Waals surface area contributed by atoms with E-state index in [1.807, 2.05) is 55.5 Å². The first-order chi connectivity index (χ1) is 14.2. The summed E-state index contributed by atoms with van der Waals surface area (Å²) in [4.78, 5) is 8.85. The molecule has 4 rings (SSSR count). The number of nitrogens with zero attached hydrogens (tertiary/aromatic N) is 3. The zero-order valence-electron chi connectivity index (χ0n) is 16.2. The van der Waals surface area contributed by atoms with Crippen molar-refractivity contribution in [3.63, 3.8) is 0 Å². The van der Waals surface area contributed by atoms with Gasteiger partial charge in [0, 0.05) is 23.7 Å². The third-order valence-corrected chi connectivity index (χ3v) is 4.45. The number of hydrogen-bond acceptors (Lipinski definition) is 6. The summed E-state index contributed by atoms with van der Waals surface area (Å²) in [7, 11) is 0. The van der Waals surface area contributed by atoms with Crippen LogP contribution in [0.15, 0.2) is 58.0 Å². The Morgan fingerprint density at radius 1 is 1.14 bits per heavy atom. The van der Waals surface area contributed by atoms with Crippen LogP contribution in [0.2, 0.25) is 0 Å². The summed E-state index contributed by atoms with van der Waals surface area (Å²) in [6, 6.07) is 15.3. The predicted molar refractivity (Wildman–Crippen MR) is 110 cm³/mol. The van der Waals surface area contributed by atoms with Gasteiger partial charge in [-0.25, -0.2) is 0 Å². The zero-order chi connectivity index (χ0) is 20.1. The van der Waals surface area contributed by atoms with Gasteiger partial charge in [-0.1, -0.05) is 42.4 Å². The van der Waals surface area contributed by atoms with Crippen molar-refractivity contribution in [1.82, 2.24) is 10.1 Å². The summed E-state index contributed by atoms with van der Waals surface area (Å²) in [5.74, 6) is 2.76. The minimum atomic E-state index is -0.0657. The molecule has 1 aliphatic heterocycles. The second-order valence-electron chi connectivity index (χ2n) is 6.79. The number of guanidine groups is 1. The molecule has 0 bridgehead atoms. The smallest absolute Gasteiger partial charge is 0.231 e. The first-order valence-electron chi connectivity index (χ1n) is 9.54. The Morgan fingerprint density at radius 2 is 1.93 bits per heavy atom. The normalized spacial score (nSPS) is 14.9. The maximum Gasteiger partial charge on any atom is 0.231 e. The van der Waals surface area contributed by atoms with E-state index in [-0.39, 0.29) is 5.92 Å². The molecule has 0 saturated carbocycles. The molecule has 2 aromatic carbocycles. The number of fused-ring (bicyclic) bond motifs is 1. The molecule has 0 spiro atoms. The lowest BCUT2D eigenvalue weighted by Crippen LogP contribution is -2.23. The fraction of sp³-hybridized carbons (Fsp3) is 0.286. The zero-order valence-corrected chi connectivity index (χ0v) is 16.2. The standard InChI is InChI=1S/C21H23N5O3/c1-14(20-25-19(26-29-20)15-6-3-2-4-7-15)13-23-21(22)24-16-8-9-17-18(12-16)28-11-5-10-27-17/h2-4,6-9,12,14H,5,10-11,13H2,1H3,(H3,22,23,24). The van der Waals surface area contributed by atoms with Crippen LogP contribution in [0.4, 0.5) is 5.69 Å². The fourth-order valence-corrected chi connectivity index (χ4v) is 2.88. The van der Waals surface area contributed by atoms with Crippen molar-refractivity contribution >= 4 is 11.6 Å². The highest BCUT2D eigenvalue weighted by Crippen LogP contribution is 2.32. The fourth-order valence-electron chi connectivity index (χ4n) is 2.88. The monoisotopic (exact) mass is 393 g/mol. The Labute approximate surface area is 168 Å². The van der Waals surface area contributed by atoms with Gasteiger partial charge in [0.05, 0.1) is 25.7 Å². The van der Waals surface area contributed by atoms with E-state index in [9.17, 15) is 0 Å². The summed E-state index contributed by atoms with van der Waals surface area (Å²) < 4.78 is 16.7. The summed E-state index contributed by atoms with van der Waals surface area (Å²) in [6.07, 6.45) is 0.862. The van der Waals surface area contributed by atoms with Gasteiger partial charge in [0.1, 0.15) is 0 Å². The number of hydrogen-bond donors (Lipinski definition) is 2. The molecule has 0 radical (unpaired) electrons. The second-order valence-corrected chi connectivity index (χ2v) is 6.79. The van der Waals surface area contributed by atoms with Gasteiger partial charge >= 0.3 is 0 Å². The van der Waals surface area contributed by atoms with E-state index in [0.717, 1.165) is 23.4 Å². The first kappa shape index (κ1) is 18.8. The number of rotatable bonds is 5. The Balaban J connectivity index is 1.37. The molecule has 0 aliphatic carbocycles. The van der Waals surface area contributed by atoms with Crippen molar-refractivity contribution in [3.05, 3.63) is 54.4 Å². The largest absolute Gasteiger partial charge is 0.490 e. The molecule has 0 saturated heterocycles. The number of nitrogens with two attached hydrogens (primary N) is 1. The van der Waals surface area contributed by atoms with Crippen LogP contribution in [0, 0.1) is 0 Å². The van der Waals surface area contributed by atoms with Crippen molar-refractivity contribution < 1.29 is 14.0 Å². The van der Waals surface area contributed by atoms with Gasteiger partial charge in [0.15, 0.2) is 17.5 Å². The molecule has 0 fully saturated rings. The van der Waals surface area contributed by atoms with E-state index >= 15 is 0 Å². The summed E-state index contributed by atoms with van der Waals surface area (Å²) in [5.41, 5.74) is 7.73. The van der Waals surface area contributed by atoms with E-state index < -0.39 is 0 Å². The van der Waals surface area contributed by atoms with Gasteiger partial charge in [-0.3, -0.25) is 4.99 Å². The number of aromatic nitrogens is 2. The van der Waals surface area contributed by atoms with Crippen LogP contribution in [-0.2, 0) is 0 Å². The number of benzene rings is 2. The molecule has 8 heteroatoms. The van der Waals surface area contributed by atoms with Gasteiger partial charge in [0.2, 0.25) is 11.7 Å². The molecule has 3 aromatic rings. The molecular weight excluding hydrogens is 370 g/mol. The summed E-state index contributed by atoms with van der Waals surface area (Å²) >= 11 is 0. The van der Waals surface area contributed by atoms with Crippen molar-refractivity contribution in [2.45, 2.75) is 19.3 Å². The number of nitrogens with one attached hydrogen (secondary N) is 1. The SMILES string of the molecule is CC(CN=C(N)Nc1ccc2c(c1)OCCCO2)c1nc(-c2ccccc2)no1. The van der Waals surface area contributed by atoms with Crippen LogP contribution in [0.25, 0.3) is 11.4 Å². The lowest BCUT2D eigenvalue weighted by molar-refractivity contribution is 0.297. The van der Waals surface area contributed by atoms with Crippen molar-refractivity contribution in [3.8, 4) is 22.9 Å². The quantitative estimate of drug-likeness (QED) is 0.505. The Hall–Kier alpha value is -3.55. The minimum Gasteiger partial charge on any atom is -0.490 e. The second kappa shape index (κ2) is 8.64. The topological polar surface area (TPSA) is 108 Å². The van der Waals surface area contributed by atoms with Gasteiger partial charge < -0.3 is 25.0 Å². The number of ether oxygens (including phenoxy) is 2. The summed E-state index contributed by atoms with van der Waals surface area (Å²) in [5, 5.41) is 7.12. The maximum atomic E-state index is 6.04. The third kappa shape index (κ3) is 4.66. The van der Waals surface area contributed by atoms with Crippen molar-refractivity contribution in [2.24, 2.45) is 10.7 Å². The van der Waals surface area contributed by atoms with Crippen LogP contribution >= 0.6 is 0 Å². The molecule has 150 valence electrons. The molecule has 29 heavy (non-hydrogen) atoms. The molecule has 1 atom stereocenters. The van der Waals surface area contributed by atoms with E-state index in [1.54, 1.807) is 0 Å². The van der Waals surface area contributed by atoms with Gasteiger partial charge in [-0.15, -0.1) is 0 Å². The Kier molecular flexibility index (Phi) is 5.60. The van der Waals surface area contributed by atoms with Crippen LogP contribution < -0.4 is 20.5 Å². The van der Waals surface area contributed by atoms with E-state index in [1.165, 1.54) is 0 Å². The van der Waals surface area contributed by atoms with Gasteiger partial charge in [-0.05, 0) is 12.1 Å². The van der Waals surface area contributed by atoms with E-state index in [4.69, 9.17) is 19.7 Å². The number of anilines is 1. The van der Waals surface area contributed by atoms with E-state index in [2.05, 4.69) is 20.4 Å². The van der Waals surface area contributed by atoms with Crippen LogP contribution in [0.3, 0.4) is 0 Å². The van der Waals surface area contributed by atoms with Crippen molar-refractivity contribution in [2.75, 3.05) is 25.1 Å². The van der Waals surface area contributed by atoms with Gasteiger partial charge in [0.25, 0.3) is 0 Å². The Bertz CT molecular complexity index is 987. The molecule has 8 nitrogen and oxygen atoms in total. The molecule has 1 aliphatic rings. The van der Waals surface area contributed by atoms with E-state index in [0.29, 0.717) is 43.2 Å². The lowest BCUT2D eigenvalue weighted by Gasteiger charge is -2.11. The molecule has 3 N–H and O–H groups in total. The third-order valence-electron chi connectivity index (χ3n) is 4.45. The first-order valence-corrected chi connectivity index (χ1v) is 9.54. The predicted octanol–water partition coefficient (Wildman–Crippen LogP) is 3.43. The highest BCUT2D eigenvalue weighted by molar-refractivity contribution is 5.92. The lowest BCUT2D eigenvalue weighted by atomic mass is 10.2. The van der Waals surface area contributed by atoms with Crippen LogP contribution in [0.5, 0.6) is 11.5 Å². The maximum absolute atomic E-state index is 6.04. The molecular formula is C21H23N5O3. The van der Waals surface area contributed by atoms with Crippen LogP contribution in [-0.4, -0.2) is 35.9 Å². The van der Waals surface area contributed by atoms with Crippen LogP contribution in [0.1, 0.15) is 25.2 Å². The molecule has 1 aromatic heterocycles. The average Bonchev–Trinajstić information content (AvgIpc) is 3.13. The van der Waals surface area contributed by atoms with Gasteiger partial charge in [-0.2, -0.15) is 4.98 Å². The highest BCUT2D eigenvalue weighted by atomic mass is 16.5. The highest BCUT2D eigenvalue weighted by Gasteiger charge is 2.15. The number of aliphatic imine (C=N–C) groups is 1. The Morgan fingerprint density at radius 3 is 2.76 bits per heavy atom. The average molecular weight is 393 g/mol. The molecule has 0 amide bonds. The van der Waals surface area contributed by atoms with Crippen molar-refractivity contribution in [1.29, 1.82) is 0 Å². The molecule has 1 unspecified atom stereocenters. The summed E-state index contributed by atoms with van der Waals surface area (Å²) in [6.45, 7) is 3.67. The molecule has 2 heterocycles. The minimum absolute atomic E-state index is 0.0657.